The molecule has 0 aliphatic rings. The minimum absolute atomic E-state index is 0.0905. The van der Waals surface area contributed by atoms with Crippen LogP contribution in [0.25, 0.3) is 0 Å². The van der Waals surface area contributed by atoms with Gasteiger partial charge in [-0.3, -0.25) is 0 Å². The molecule has 0 amide bonds. The minimum Gasteiger partial charge on any atom is -0.453 e. The number of benzene rings is 1. The third kappa shape index (κ3) is 4.01. The summed E-state index contributed by atoms with van der Waals surface area (Å²) in [6, 6.07) is 7.80. The van der Waals surface area contributed by atoms with Crippen LogP contribution in [0.4, 0.5) is 0 Å². The first kappa shape index (κ1) is 14.4. The largest absolute Gasteiger partial charge is 0.453 e. The zero-order valence-corrected chi connectivity index (χ0v) is 12.0. The van der Waals surface area contributed by atoms with Crippen molar-refractivity contribution in [1.82, 2.24) is 4.73 Å². The summed E-state index contributed by atoms with van der Waals surface area (Å²) < 4.78 is 32.2. The number of pyridine rings is 1. The second-order valence-corrected chi connectivity index (χ2v) is 6.04. The van der Waals surface area contributed by atoms with Crippen molar-refractivity contribution in [1.29, 1.82) is 0 Å². The van der Waals surface area contributed by atoms with Crippen LogP contribution in [0.15, 0.2) is 47.1 Å². The van der Waals surface area contributed by atoms with Crippen molar-refractivity contribution >= 4 is 21.6 Å². The van der Waals surface area contributed by atoms with Crippen molar-refractivity contribution in [2.24, 2.45) is 4.40 Å². The summed E-state index contributed by atoms with van der Waals surface area (Å²) in [6.45, 7) is 0. The Kier molecular flexibility index (Phi) is 4.01. The molecule has 0 radical (unpaired) electrons. The number of aromatic nitrogens is 1. The summed E-state index contributed by atoms with van der Waals surface area (Å²) in [5, 5.41) is 10.0. The van der Waals surface area contributed by atoms with Gasteiger partial charge in [-0.25, -0.2) is 8.42 Å². The van der Waals surface area contributed by atoms with E-state index in [1.54, 1.807) is 24.3 Å². The molecule has 1 aromatic carbocycles. The molecule has 0 bridgehead atoms. The summed E-state index contributed by atoms with van der Waals surface area (Å²) in [5.74, 6) is 0.535. The molecule has 2 rings (SSSR count). The van der Waals surface area contributed by atoms with Crippen molar-refractivity contribution in [3.05, 3.63) is 53.1 Å². The SMILES string of the molecule is CS(=O)(=O)/N=c1\ccn(O)cc1Oc1ccc(Cl)cc1. The summed E-state index contributed by atoms with van der Waals surface area (Å²) in [4.78, 5) is 0. The zero-order valence-electron chi connectivity index (χ0n) is 10.4. The molecule has 0 saturated carbocycles. The molecule has 0 spiro atoms. The van der Waals surface area contributed by atoms with Crippen LogP contribution in [0.2, 0.25) is 5.02 Å². The molecule has 2 aromatic rings. The predicted octanol–water partition coefficient (Wildman–Crippen LogP) is 2.03. The van der Waals surface area contributed by atoms with Gasteiger partial charge in [0.15, 0.2) is 5.75 Å². The standard InChI is InChI=1S/C12H11ClN2O4S/c1-20(17,18)14-11-6-7-15(16)8-12(11)19-10-4-2-9(13)3-5-10/h2-8,16H,1H3/b14-11+. The second kappa shape index (κ2) is 5.56. The molecule has 8 heteroatoms. The van der Waals surface area contributed by atoms with Crippen LogP contribution in [-0.2, 0) is 10.0 Å². The number of ether oxygens (including phenoxy) is 1. The summed E-state index contributed by atoms with van der Waals surface area (Å²) in [6.07, 6.45) is 3.43. The number of hydrogen-bond donors (Lipinski definition) is 1. The molecular weight excluding hydrogens is 304 g/mol. The van der Waals surface area contributed by atoms with Gasteiger partial charge < -0.3 is 9.94 Å². The molecule has 106 valence electrons. The number of nitrogens with zero attached hydrogens (tertiary/aromatic N) is 2. The van der Waals surface area contributed by atoms with Gasteiger partial charge in [0.05, 0.1) is 12.5 Å². The predicted molar refractivity (Wildman–Crippen MR) is 73.5 cm³/mol. The summed E-state index contributed by atoms with van der Waals surface area (Å²) in [7, 11) is -3.58. The molecule has 0 aliphatic heterocycles. The van der Waals surface area contributed by atoms with E-state index < -0.39 is 10.0 Å². The maximum Gasteiger partial charge on any atom is 0.250 e. The van der Waals surface area contributed by atoms with Crippen molar-refractivity contribution in [2.75, 3.05) is 6.26 Å². The van der Waals surface area contributed by atoms with E-state index >= 15 is 0 Å². The Morgan fingerprint density at radius 1 is 1.25 bits per heavy atom. The lowest BCUT2D eigenvalue weighted by atomic mass is 10.3. The second-order valence-electron chi connectivity index (χ2n) is 3.95. The smallest absolute Gasteiger partial charge is 0.250 e. The Morgan fingerprint density at radius 3 is 2.50 bits per heavy atom. The first-order valence-electron chi connectivity index (χ1n) is 5.44. The van der Waals surface area contributed by atoms with E-state index in [1.165, 1.54) is 18.5 Å². The number of hydrogen-bond acceptors (Lipinski definition) is 4. The molecule has 1 N–H and O–H groups in total. The van der Waals surface area contributed by atoms with Crippen LogP contribution < -0.4 is 10.1 Å². The lowest BCUT2D eigenvalue weighted by molar-refractivity contribution is 0.181. The van der Waals surface area contributed by atoms with Crippen LogP contribution in [0.5, 0.6) is 11.5 Å². The van der Waals surface area contributed by atoms with Gasteiger partial charge in [-0.1, -0.05) is 11.6 Å². The highest BCUT2D eigenvalue weighted by molar-refractivity contribution is 7.89. The molecule has 0 aliphatic carbocycles. The number of sulfonamides is 1. The summed E-state index contributed by atoms with van der Waals surface area (Å²) >= 11 is 5.76. The van der Waals surface area contributed by atoms with Crippen LogP contribution >= 0.6 is 11.6 Å². The monoisotopic (exact) mass is 314 g/mol. The third-order valence-corrected chi connectivity index (χ3v) is 2.97. The van der Waals surface area contributed by atoms with E-state index in [4.69, 9.17) is 16.3 Å². The van der Waals surface area contributed by atoms with Crippen molar-refractivity contribution in [3.63, 3.8) is 0 Å². The topological polar surface area (TPSA) is 80.9 Å². The van der Waals surface area contributed by atoms with Gasteiger partial charge in [0.1, 0.15) is 11.1 Å². The van der Waals surface area contributed by atoms with Gasteiger partial charge in [0.25, 0.3) is 10.0 Å². The summed E-state index contributed by atoms with van der Waals surface area (Å²) in [5.41, 5.74) is 0. The van der Waals surface area contributed by atoms with Gasteiger partial charge in [0, 0.05) is 11.2 Å². The lowest BCUT2D eigenvalue weighted by Crippen LogP contribution is -2.11. The molecule has 1 aromatic heterocycles. The molecular formula is C12H11ClN2O4S. The van der Waals surface area contributed by atoms with Gasteiger partial charge >= 0.3 is 0 Å². The number of rotatable bonds is 3. The Labute approximate surface area is 120 Å². The van der Waals surface area contributed by atoms with E-state index in [9.17, 15) is 13.6 Å². The maximum atomic E-state index is 11.2. The molecule has 0 atom stereocenters. The quantitative estimate of drug-likeness (QED) is 0.879. The molecule has 0 unspecified atom stereocenters. The molecule has 1 heterocycles. The van der Waals surface area contributed by atoms with Crippen LogP contribution in [0.3, 0.4) is 0 Å². The Bertz CT molecular complexity index is 782. The minimum atomic E-state index is -3.58. The van der Waals surface area contributed by atoms with E-state index in [0.29, 0.717) is 10.8 Å². The molecule has 20 heavy (non-hydrogen) atoms. The van der Waals surface area contributed by atoms with Gasteiger partial charge in [-0.2, -0.15) is 9.13 Å². The van der Waals surface area contributed by atoms with Gasteiger partial charge in [-0.15, -0.1) is 0 Å². The fourth-order valence-electron chi connectivity index (χ4n) is 1.42. The van der Waals surface area contributed by atoms with E-state index in [0.717, 1.165) is 11.0 Å². The third-order valence-electron chi connectivity index (χ3n) is 2.19. The molecule has 0 fully saturated rings. The zero-order chi connectivity index (χ0) is 14.8. The van der Waals surface area contributed by atoms with Crippen molar-refractivity contribution in [2.45, 2.75) is 0 Å². The Hall–Kier alpha value is -1.99. The van der Waals surface area contributed by atoms with Gasteiger partial charge in [-0.05, 0) is 30.3 Å². The average Bonchev–Trinajstić information content (AvgIpc) is 2.34. The normalized spacial score (nSPS) is 12.4. The average molecular weight is 315 g/mol. The van der Waals surface area contributed by atoms with Crippen LogP contribution in [0.1, 0.15) is 0 Å². The van der Waals surface area contributed by atoms with E-state index in [1.807, 2.05) is 0 Å². The van der Waals surface area contributed by atoms with Crippen LogP contribution in [-0.4, -0.2) is 24.6 Å². The molecule has 0 saturated heterocycles. The first-order chi connectivity index (χ1) is 9.33. The Balaban J connectivity index is 2.48. The van der Waals surface area contributed by atoms with Crippen molar-refractivity contribution < 1.29 is 18.4 Å². The fourth-order valence-corrected chi connectivity index (χ4v) is 2.05. The van der Waals surface area contributed by atoms with Crippen LogP contribution in [0, 0.1) is 0 Å². The number of halogens is 1. The maximum absolute atomic E-state index is 11.2. The van der Waals surface area contributed by atoms with Crippen molar-refractivity contribution in [3.8, 4) is 11.5 Å². The highest BCUT2D eigenvalue weighted by Crippen LogP contribution is 2.20. The fraction of sp³-hybridized carbons (Fsp3) is 0.0833. The van der Waals surface area contributed by atoms with E-state index in [-0.39, 0.29) is 11.1 Å². The first-order valence-corrected chi connectivity index (χ1v) is 7.67. The lowest BCUT2D eigenvalue weighted by Gasteiger charge is -2.07. The van der Waals surface area contributed by atoms with E-state index in [2.05, 4.69) is 4.40 Å². The molecule has 6 nitrogen and oxygen atoms in total. The van der Waals surface area contributed by atoms with Gasteiger partial charge in [0.2, 0.25) is 0 Å². The Morgan fingerprint density at radius 2 is 1.90 bits per heavy atom. The highest BCUT2D eigenvalue weighted by Gasteiger charge is 2.05. The highest BCUT2D eigenvalue weighted by atomic mass is 35.5.